The van der Waals surface area contributed by atoms with E-state index in [1.807, 2.05) is 38.4 Å². The molecule has 0 aliphatic heterocycles. The molecule has 1 unspecified atom stereocenters. The molecule has 0 fully saturated rings. The molecule has 0 aromatic heterocycles. The smallest absolute Gasteiger partial charge is 0.230 e. The van der Waals surface area contributed by atoms with E-state index in [0.29, 0.717) is 16.6 Å². The van der Waals surface area contributed by atoms with E-state index in [1.54, 1.807) is 25.3 Å². The summed E-state index contributed by atoms with van der Waals surface area (Å²) in [6.07, 6.45) is 0. The first-order valence-electron chi connectivity index (χ1n) is 8.05. The van der Waals surface area contributed by atoms with E-state index in [4.69, 9.17) is 27.9 Å². The predicted octanol–water partition coefficient (Wildman–Crippen LogP) is 4.51. The summed E-state index contributed by atoms with van der Waals surface area (Å²) in [5.41, 5.74) is 1.11. The summed E-state index contributed by atoms with van der Waals surface area (Å²) in [7, 11) is 5.62. The first-order valence-corrected chi connectivity index (χ1v) is 9.79. The number of carbonyl (C=O) groups excluding carboxylic acids is 1. The van der Waals surface area contributed by atoms with Gasteiger partial charge in [-0.1, -0.05) is 35.3 Å². The highest BCUT2D eigenvalue weighted by molar-refractivity contribution is 8.00. The van der Waals surface area contributed by atoms with Gasteiger partial charge in [-0.2, -0.15) is 0 Å². The lowest BCUT2D eigenvalue weighted by Crippen LogP contribution is -2.35. The third kappa shape index (κ3) is 6.09. The van der Waals surface area contributed by atoms with Crippen LogP contribution in [0.3, 0.4) is 0 Å². The van der Waals surface area contributed by atoms with Crippen LogP contribution >= 0.6 is 35.0 Å². The number of nitrogens with zero attached hydrogens (tertiary/aromatic N) is 1. The minimum Gasteiger partial charge on any atom is -0.497 e. The van der Waals surface area contributed by atoms with Crippen molar-refractivity contribution in [3.63, 3.8) is 0 Å². The summed E-state index contributed by atoms with van der Waals surface area (Å²) in [5.74, 6) is 1.04. The summed E-state index contributed by atoms with van der Waals surface area (Å²) in [5, 5.41) is 4.18. The van der Waals surface area contributed by atoms with Gasteiger partial charge >= 0.3 is 0 Å². The number of amides is 1. The standard InChI is InChI=1S/C19H22Cl2N2O2S/c1-23(2)17(13-4-7-15(25-3)8-5-13)11-22-19(24)12-26-18-10-14(20)6-9-16(18)21/h4-10,17H,11-12H2,1-3H3,(H,22,24). The number of carbonyl (C=O) groups is 1. The molecule has 1 amide bonds. The van der Waals surface area contributed by atoms with Gasteiger partial charge in [0.25, 0.3) is 0 Å². The summed E-state index contributed by atoms with van der Waals surface area (Å²) in [6, 6.07) is 13.2. The van der Waals surface area contributed by atoms with Crippen LogP contribution in [0.25, 0.3) is 0 Å². The molecule has 0 saturated carbocycles. The normalized spacial score (nSPS) is 12.1. The van der Waals surface area contributed by atoms with Crippen LogP contribution in [0.5, 0.6) is 5.75 Å². The van der Waals surface area contributed by atoms with Crippen LogP contribution in [0, 0.1) is 0 Å². The zero-order valence-electron chi connectivity index (χ0n) is 15.0. The van der Waals surface area contributed by atoms with Crippen molar-refractivity contribution in [1.82, 2.24) is 10.2 Å². The van der Waals surface area contributed by atoms with Gasteiger partial charge in [-0.25, -0.2) is 0 Å². The molecule has 0 aliphatic carbocycles. The highest BCUT2D eigenvalue weighted by Gasteiger charge is 2.16. The zero-order valence-corrected chi connectivity index (χ0v) is 17.3. The molecule has 2 aromatic carbocycles. The summed E-state index contributed by atoms with van der Waals surface area (Å²) < 4.78 is 5.19. The average Bonchev–Trinajstić information content (AvgIpc) is 2.63. The SMILES string of the molecule is COc1ccc(C(CNC(=O)CSc2cc(Cl)ccc2Cl)N(C)C)cc1. The van der Waals surface area contributed by atoms with Crippen molar-refractivity contribution >= 4 is 40.9 Å². The monoisotopic (exact) mass is 412 g/mol. The molecule has 26 heavy (non-hydrogen) atoms. The van der Waals surface area contributed by atoms with Gasteiger partial charge in [-0.3, -0.25) is 4.79 Å². The lowest BCUT2D eigenvalue weighted by atomic mass is 10.1. The van der Waals surface area contributed by atoms with Gasteiger partial charge < -0.3 is 15.0 Å². The second-order valence-electron chi connectivity index (χ2n) is 5.92. The van der Waals surface area contributed by atoms with E-state index in [0.717, 1.165) is 16.2 Å². The van der Waals surface area contributed by atoms with E-state index in [2.05, 4.69) is 10.2 Å². The second-order valence-corrected chi connectivity index (χ2v) is 7.78. The molecule has 0 bridgehead atoms. The highest BCUT2D eigenvalue weighted by Crippen LogP contribution is 2.29. The summed E-state index contributed by atoms with van der Waals surface area (Å²) in [6.45, 7) is 0.516. The van der Waals surface area contributed by atoms with Gasteiger partial charge in [0.05, 0.1) is 23.9 Å². The predicted molar refractivity (Wildman–Crippen MR) is 110 cm³/mol. The molecule has 140 valence electrons. The Balaban J connectivity index is 1.91. The summed E-state index contributed by atoms with van der Waals surface area (Å²) >= 11 is 13.5. The number of thioether (sulfide) groups is 1. The average molecular weight is 413 g/mol. The zero-order chi connectivity index (χ0) is 19.1. The number of likely N-dealkylation sites (N-methyl/N-ethyl adjacent to an activating group) is 1. The number of halogens is 2. The number of ether oxygens (including phenoxy) is 1. The van der Waals surface area contributed by atoms with E-state index < -0.39 is 0 Å². The van der Waals surface area contributed by atoms with Crippen LogP contribution in [0.1, 0.15) is 11.6 Å². The minimum atomic E-state index is -0.0496. The van der Waals surface area contributed by atoms with Crippen LogP contribution in [0.4, 0.5) is 0 Å². The number of nitrogens with one attached hydrogen (secondary N) is 1. The Morgan fingerprint density at radius 2 is 1.88 bits per heavy atom. The number of rotatable bonds is 8. The molecule has 7 heteroatoms. The van der Waals surface area contributed by atoms with Crippen molar-refractivity contribution in [3.8, 4) is 5.75 Å². The Morgan fingerprint density at radius 3 is 2.50 bits per heavy atom. The van der Waals surface area contributed by atoms with E-state index in [-0.39, 0.29) is 17.7 Å². The Hall–Kier alpha value is -1.40. The van der Waals surface area contributed by atoms with Crippen LogP contribution in [-0.4, -0.2) is 44.3 Å². The molecule has 1 N–H and O–H groups in total. The molecule has 2 rings (SSSR count). The molecular formula is C19H22Cl2N2O2S. The van der Waals surface area contributed by atoms with Crippen molar-refractivity contribution in [2.24, 2.45) is 0 Å². The molecule has 1 atom stereocenters. The number of hydrogen-bond acceptors (Lipinski definition) is 4. The van der Waals surface area contributed by atoms with E-state index >= 15 is 0 Å². The third-order valence-electron chi connectivity index (χ3n) is 3.87. The van der Waals surface area contributed by atoms with Gasteiger partial charge in [-0.05, 0) is 50.0 Å². The maximum atomic E-state index is 12.2. The van der Waals surface area contributed by atoms with Gasteiger partial charge in [0, 0.05) is 16.5 Å². The van der Waals surface area contributed by atoms with Crippen molar-refractivity contribution in [2.45, 2.75) is 10.9 Å². The fourth-order valence-corrected chi connectivity index (χ4v) is 3.74. The Morgan fingerprint density at radius 1 is 1.19 bits per heavy atom. The maximum Gasteiger partial charge on any atom is 0.230 e. The van der Waals surface area contributed by atoms with Gasteiger partial charge in [0.2, 0.25) is 5.91 Å². The molecule has 4 nitrogen and oxygen atoms in total. The molecular weight excluding hydrogens is 391 g/mol. The maximum absolute atomic E-state index is 12.2. The first-order chi connectivity index (χ1) is 12.4. The van der Waals surface area contributed by atoms with Crippen LogP contribution in [-0.2, 0) is 4.79 Å². The molecule has 0 heterocycles. The molecule has 0 aliphatic rings. The van der Waals surface area contributed by atoms with Crippen LogP contribution in [0.15, 0.2) is 47.4 Å². The lowest BCUT2D eigenvalue weighted by molar-refractivity contribution is -0.118. The largest absolute Gasteiger partial charge is 0.497 e. The molecule has 0 spiro atoms. The van der Waals surface area contributed by atoms with E-state index in [9.17, 15) is 4.79 Å². The number of benzene rings is 2. The Bertz CT molecular complexity index is 739. The number of hydrogen-bond donors (Lipinski definition) is 1. The fraction of sp³-hybridized carbons (Fsp3) is 0.316. The van der Waals surface area contributed by atoms with Crippen molar-refractivity contribution < 1.29 is 9.53 Å². The first kappa shape index (κ1) is 20.9. The Kier molecular flexibility index (Phi) is 8.10. The third-order valence-corrected chi connectivity index (χ3v) is 5.60. The quantitative estimate of drug-likeness (QED) is 0.647. The van der Waals surface area contributed by atoms with Gasteiger partial charge in [0.15, 0.2) is 0 Å². The Labute approximate surface area is 168 Å². The van der Waals surface area contributed by atoms with Gasteiger partial charge in [0.1, 0.15) is 5.75 Å². The van der Waals surface area contributed by atoms with Crippen LogP contribution in [0.2, 0.25) is 10.0 Å². The molecule has 0 saturated heterocycles. The van der Waals surface area contributed by atoms with Crippen molar-refractivity contribution in [2.75, 3.05) is 33.5 Å². The van der Waals surface area contributed by atoms with Crippen molar-refractivity contribution in [3.05, 3.63) is 58.1 Å². The highest BCUT2D eigenvalue weighted by atomic mass is 35.5. The molecule has 0 radical (unpaired) electrons. The molecule has 2 aromatic rings. The second kappa shape index (κ2) is 10.1. The van der Waals surface area contributed by atoms with Crippen LogP contribution < -0.4 is 10.1 Å². The summed E-state index contributed by atoms with van der Waals surface area (Å²) in [4.78, 5) is 15.1. The topological polar surface area (TPSA) is 41.6 Å². The number of methoxy groups -OCH3 is 1. The van der Waals surface area contributed by atoms with E-state index in [1.165, 1.54) is 11.8 Å². The lowest BCUT2D eigenvalue weighted by Gasteiger charge is -2.25. The minimum absolute atomic E-state index is 0.0496. The fourth-order valence-electron chi connectivity index (χ4n) is 2.42. The van der Waals surface area contributed by atoms with Crippen molar-refractivity contribution in [1.29, 1.82) is 0 Å². The van der Waals surface area contributed by atoms with Gasteiger partial charge in [-0.15, -0.1) is 11.8 Å².